The van der Waals surface area contributed by atoms with Crippen molar-refractivity contribution < 1.29 is 4.79 Å². The molecular formula is C19H20N4O. The molecule has 1 aromatic carbocycles. The number of hydrogen-bond acceptors (Lipinski definition) is 3. The fourth-order valence-electron chi connectivity index (χ4n) is 2.34. The van der Waals surface area contributed by atoms with Gasteiger partial charge in [-0.25, -0.2) is 0 Å². The Morgan fingerprint density at radius 3 is 2.62 bits per heavy atom. The third-order valence-corrected chi connectivity index (χ3v) is 3.68. The minimum Gasteiger partial charge on any atom is -0.289 e. The van der Waals surface area contributed by atoms with Gasteiger partial charge >= 0.3 is 0 Å². The summed E-state index contributed by atoms with van der Waals surface area (Å²) >= 11 is 0. The molecule has 0 aliphatic carbocycles. The predicted molar refractivity (Wildman–Crippen MR) is 93.7 cm³/mol. The number of carbonyl (C=O) groups excluding carboxylic acids is 1. The number of allylic oxidation sites excluding steroid dienone is 1. The molecule has 0 atom stereocenters. The normalized spacial score (nSPS) is 11.5. The average molecular weight is 320 g/mol. The average Bonchev–Trinajstić information content (AvgIpc) is 3.23. The van der Waals surface area contributed by atoms with Gasteiger partial charge in [0.15, 0.2) is 5.78 Å². The van der Waals surface area contributed by atoms with Crippen LogP contribution in [0.1, 0.15) is 41.4 Å². The maximum atomic E-state index is 12.2. The quantitative estimate of drug-likeness (QED) is 0.515. The molecule has 0 saturated heterocycles. The van der Waals surface area contributed by atoms with E-state index in [-0.39, 0.29) is 11.8 Å². The number of benzene rings is 1. The van der Waals surface area contributed by atoms with E-state index >= 15 is 0 Å². The van der Waals surface area contributed by atoms with Gasteiger partial charge in [0, 0.05) is 24.0 Å². The maximum Gasteiger partial charge on any atom is 0.189 e. The second kappa shape index (κ2) is 7.08. The van der Waals surface area contributed by atoms with Gasteiger partial charge in [0.05, 0.1) is 24.5 Å². The van der Waals surface area contributed by atoms with Crippen molar-refractivity contribution in [3.8, 4) is 0 Å². The summed E-state index contributed by atoms with van der Waals surface area (Å²) in [4.78, 5) is 12.2. The Hall–Kier alpha value is -2.95. The highest BCUT2D eigenvalue weighted by Crippen LogP contribution is 2.09. The van der Waals surface area contributed by atoms with Crippen LogP contribution in [-0.2, 0) is 6.54 Å². The first-order chi connectivity index (χ1) is 11.6. The first kappa shape index (κ1) is 15.9. The summed E-state index contributed by atoms with van der Waals surface area (Å²) in [6.45, 7) is 4.76. The molecule has 0 unspecified atom stereocenters. The number of nitrogens with zero attached hydrogens (tertiary/aromatic N) is 4. The molecule has 0 saturated carbocycles. The summed E-state index contributed by atoms with van der Waals surface area (Å²) in [5, 5.41) is 8.52. The molecule has 5 nitrogen and oxygen atoms in total. The monoisotopic (exact) mass is 320 g/mol. The molecule has 0 spiro atoms. The standard InChI is InChI=1S/C19H20N4O/c1-15(2)23-14-18(11-21-23)19(24)9-8-17-10-20-22(13-17)12-16-6-4-3-5-7-16/h3-11,13-15H,12H2,1-2H3/b9-8-. The summed E-state index contributed by atoms with van der Waals surface area (Å²) in [6.07, 6.45) is 10.4. The Bertz CT molecular complexity index is 843. The van der Waals surface area contributed by atoms with Gasteiger partial charge in [-0.05, 0) is 31.6 Å². The molecule has 0 bridgehead atoms. The Labute approximate surface area is 141 Å². The van der Waals surface area contributed by atoms with Crippen molar-refractivity contribution in [3.05, 3.63) is 77.9 Å². The van der Waals surface area contributed by atoms with E-state index in [1.54, 1.807) is 35.4 Å². The lowest BCUT2D eigenvalue weighted by Crippen LogP contribution is -2.00. The zero-order valence-electron chi connectivity index (χ0n) is 13.8. The van der Waals surface area contributed by atoms with Gasteiger partial charge in [-0.2, -0.15) is 10.2 Å². The van der Waals surface area contributed by atoms with E-state index in [9.17, 15) is 4.79 Å². The summed E-state index contributed by atoms with van der Waals surface area (Å²) in [5.74, 6) is -0.0577. The Morgan fingerprint density at radius 2 is 1.92 bits per heavy atom. The van der Waals surface area contributed by atoms with Crippen LogP contribution in [0.5, 0.6) is 0 Å². The summed E-state index contributed by atoms with van der Waals surface area (Å²) in [7, 11) is 0. The van der Waals surface area contributed by atoms with E-state index in [4.69, 9.17) is 0 Å². The smallest absolute Gasteiger partial charge is 0.189 e. The molecule has 2 heterocycles. The molecular weight excluding hydrogens is 300 g/mol. The molecule has 3 rings (SSSR count). The van der Waals surface area contributed by atoms with Crippen molar-refractivity contribution in [1.82, 2.24) is 19.6 Å². The van der Waals surface area contributed by atoms with Crippen LogP contribution in [0.2, 0.25) is 0 Å². The van der Waals surface area contributed by atoms with Crippen molar-refractivity contribution >= 4 is 11.9 Å². The molecule has 0 aliphatic rings. The number of aromatic nitrogens is 4. The Kier molecular flexibility index (Phi) is 4.70. The summed E-state index contributed by atoms with van der Waals surface area (Å²) in [5.41, 5.74) is 2.68. The SMILES string of the molecule is CC(C)n1cc(C(=O)/C=C\c2cnn(Cc3ccccc3)c2)cn1. The van der Waals surface area contributed by atoms with Crippen molar-refractivity contribution in [2.75, 3.05) is 0 Å². The molecule has 0 N–H and O–H groups in total. The van der Waals surface area contributed by atoms with Crippen molar-refractivity contribution in [2.45, 2.75) is 26.4 Å². The molecule has 0 radical (unpaired) electrons. The minimum absolute atomic E-state index is 0.0577. The third-order valence-electron chi connectivity index (χ3n) is 3.68. The molecule has 2 aromatic heterocycles. The van der Waals surface area contributed by atoms with Crippen LogP contribution in [0.15, 0.2) is 61.2 Å². The van der Waals surface area contributed by atoms with Gasteiger partial charge in [0.2, 0.25) is 0 Å². The number of ketones is 1. The number of rotatable bonds is 6. The van der Waals surface area contributed by atoms with E-state index in [0.29, 0.717) is 12.1 Å². The van der Waals surface area contributed by atoms with Gasteiger partial charge in [-0.15, -0.1) is 0 Å². The Morgan fingerprint density at radius 1 is 1.12 bits per heavy atom. The lowest BCUT2D eigenvalue weighted by Gasteiger charge is -2.02. The molecule has 0 amide bonds. The van der Waals surface area contributed by atoms with Gasteiger partial charge in [0.1, 0.15) is 0 Å². The first-order valence-corrected chi connectivity index (χ1v) is 7.95. The zero-order valence-corrected chi connectivity index (χ0v) is 13.8. The Balaban J connectivity index is 1.65. The predicted octanol–water partition coefficient (Wildman–Crippen LogP) is 3.60. The van der Waals surface area contributed by atoms with Crippen molar-refractivity contribution in [2.24, 2.45) is 0 Å². The molecule has 5 heteroatoms. The van der Waals surface area contributed by atoms with Gasteiger partial charge in [-0.3, -0.25) is 14.2 Å². The largest absolute Gasteiger partial charge is 0.289 e. The molecule has 3 aromatic rings. The van der Waals surface area contributed by atoms with Crippen molar-refractivity contribution in [3.63, 3.8) is 0 Å². The highest BCUT2D eigenvalue weighted by Gasteiger charge is 2.07. The maximum absolute atomic E-state index is 12.2. The van der Waals surface area contributed by atoms with Crippen LogP contribution in [0.4, 0.5) is 0 Å². The topological polar surface area (TPSA) is 52.7 Å². The molecule has 0 fully saturated rings. The molecule has 0 aliphatic heterocycles. The van der Waals surface area contributed by atoms with Crippen LogP contribution in [0, 0.1) is 0 Å². The van der Waals surface area contributed by atoms with E-state index < -0.39 is 0 Å². The van der Waals surface area contributed by atoms with Crippen LogP contribution >= 0.6 is 0 Å². The molecule has 24 heavy (non-hydrogen) atoms. The van der Waals surface area contributed by atoms with Crippen LogP contribution < -0.4 is 0 Å². The first-order valence-electron chi connectivity index (χ1n) is 7.95. The van der Waals surface area contributed by atoms with E-state index in [2.05, 4.69) is 22.3 Å². The van der Waals surface area contributed by atoms with Crippen LogP contribution in [0.25, 0.3) is 6.08 Å². The number of carbonyl (C=O) groups is 1. The fraction of sp³-hybridized carbons (Fsp3) is 0.211. The lowest BCUT2D eigenvalue weighted by atomic mass is 10.2. The molecule has 122 valence electrons. The summed E-state index contributed by atoms with van der Waals surface area (Å²) in [6, 6.07) is 10.4. The van der Waals surface area contributed by atoms with Gasteiger partial charge in [0.25, 0.3) is 0 Å². The lowest BCUT2D eigenvalue weighted by molar-refractivity contribution is 0.104. The van der Waals surface area contributed by atoms with E-state index in [1.165, 1.54) is 5.56 Å². The van der Waals surface area contributed by atoms with Gasteiger partial charge in [-0.1, -0.05) is 30.3 Å². The third kappa shape index (κ3) is 3.87. The zero-order chi connectivity index (χ0) is 16.9. The van der Waals surface area contributed by atoms with E-state index in [1.807, 2.05) is 42.9 Å². The number of hydrogen-bond donors (Lipinski definition) is 0. The van der Waals surface area contributed by atoms with E-state index in [0.717, 1.165) is 5.56 Å². The fourth-order valence-corrected chi connectivity index (χ4v) is 2.34. The van der Waals surface area contributed by atoms with Gasteiger partial charge < -0.3 is 0 Å². The van der Waals surface area contributed by atoms with Crippen LogP contribution in [0.3, 0.4) is 0 Å². The van der Waals surface area contributed by atoms with Crippen molar-refractivity contribution in [1.29, 1.82) is 0 Å². The second-order valence-corrected chi connectivity index (χ2v) is 5.96. The van der Waals surface area contributed by atoms with Crippen LogP contribution in [-0.4, -0.2) is 25.3 Å². The summed E-state index contributed by atoms with van der Waals surface area (Å²) < 4.78 is 3.63. The highest BCUT2D eigenvalue weighted by molar-refractivity contribution is 6.06. The second-order valence-electron chi connectivity index (χ2n) is 5.96. The minimum atomic E-state index is -0.0577. The highest BCUT2D eigenvalue weighted by atomic mass is 16.1.